The normalized spacial score (nSPS) is 14.2. The first-order chi connectivity index (χ1) is 8.95. The zero-order valence-corrected chi connectivity index (χ0v) is 12.0. The van der Waals surface area contributed by atoms with Crippen molar-refractivity contribution in [2.24, 2.45) is 11.8 Å². The molecule has 0 saturated carbocycles. The third-order valence-corrected chi connectivity index (χ3v) is 3.15. The molecule has 0 radical (unpaired) electrons. The fourth-order valence-corrected chi connectivity index (χ4v) is 2.00. The van der Waals surface area contributed by atoms with Crippen LogP contribution in [0.4, 0.5) is 4.39 Å². The number of benzene rings is 1. The molecule has 0 aliphatic rings. The van der Waals surface area contributed by atoms with Crippen LogP contribution in [0.2, 0.25) is 0 Å². The summed E-state index contributed by atoms with van der Waals surface area (Å²) in [5.41, 5.74) is 0.932. The van der Waals surface area contributed by atoms with E-state index in [1.807, 2.05) is 27.8 Å². The van der Waals surface area contributed by atoms with Crippen molar-refractivity contribution in [2.45, 2.75) is 26.8 Å². The first-order valence-corrected chi connectivity index (χ1v) is 6.66. The second kappa shape index (κ2) is 7.24. The molecule has 0 heterocycles. The molecule has 1 aromatic carbocycles. The van der Waals surface area contributed by atoms with E-state index in [0.717, 1.165) is 5.56 Å². The van der Waals surface area contributed by atoms with Gasteiger partial charge in [-0.25, -0.2) is 4.39 Å². The number of hydrogen-bond donors (Lipinski definition) is 2. The molecule has 0 spiro atoms. The number of carbonyl (C=O) groups excluding carboxylic acids is 1. The molecule has 106 valence electrons. The molecule has 0 aliphatic heterocycles. The van der Waals surface area contributed by atoms with E-state index in [0.29, 0.717) is 6.54 Å². The van der Waals surface area contributed by atoms with Crippen LogP contribution in [-0.2, 0) is 4.79 Å². The third kappa shape index (κ3) is 4.63. The van der Waals surface area contributed by atoms with Gasteiger partial charge in [0.1, 0.15) is 5.82 Å². The Morgan fingerprint density at radius 1 is 1.21 bits per heavy atom. The second-order valence-electron chi connectivity index (χ2n) is 5.24. The lowest BCUT2D eigenvalue weighted by atomic mass is 9.95. The largest absolute Gasteiger partial charge is 0.349 e. The van der Waals surface area contributed by atoms with E-state index in [-0.39, 0.29) is 29.6 Å². The van der Waals surface area contributed by atoms with Crippen molar-refractivity contribution in [3.63, 3.8) is 0 Å². The average Bonchev–Trinajstić information content (AvgIpc) is 2.37. The van der Waals surface area contributed by atoms with Gasteiger partial charge in [-0.3, -0.25) is 4.79 Å². The summed E-state index contributed by atoms with van der Waals surface area (Å²) >= 11 is 0. The molecule has 0 saturated heterocycles. The van der Waals surface area contributed by atoms with Crippen LogP contribution < -0.4 is 10.6 Å². The summed E-state index contributed by atoms with van der Waals surface area (Å²) in [6.07, 6.45) is 0. The molecule has 3 nitrogen and oxygen atoms in total. The molecule has 0 aromatic heterocycles. The van der Waals surface area contributed by atoms with Crippen LogP contribution in [0.25, 0.3) is 0 Å². The number of halogens is 1. The number of carbonyl (C=O) groups is 1. The highest BCUT2D eigenvalue weighted by Gasteiger charge is 2.21. The van der Waals surface area contributed by atoms with Gasteiger partial charge in [0.05, 0.1) is 6.04 Å². The van der Waals surface area contributed by atoms with Gasteiger partial charge in [-0.05, 0) is 30.7 Å². The van der Waals surface area contributed by atoms with E-state index < -0.39 is 0 Å². The predicted octanol–water partition coefficient (Wildman–Crippen LogP) is 2.49. The minimum atomic E-state index is -0.263. The van der Waals surface area contributed by atoms with E-state index in [2.05, 4.69) is 10.6 Å². The van der Waals surface area contributed by atoms with Crippen LogP contribution in [0.5, 0.6) is 0 Å². The Bertz CT molecular complexity index is 403. The van der Waals surface area contributed by atoms with Crippen LogP contribution >= 0.6 is 0 Å². The number of hydrogen-bond acceptors (Lipinski definition) is 2. The van der Waals surface area contributed by atoms with Crippen LogP contribution in [0.1, 0.15) is 32.4 Å². The number of rotatable bonds is 6. The zero-order chi connectivity index (χ0) is 14.4. The maximum Gasteiger partial charge on any atom is 0.224 e. The highest BCUT2D eigenvalue weighted by atomic mass is 19.1. The lowest BCUT2D eigenvalue weighted by molar-refractivity contribution is -0.125. The third-order valence-electron chi connectivity index (χ3n) is 3.15. The summed E-state index contributed by atoms with van der Waals surface area (Å²) in [5.74, 6) is -0.0959. The Balaban J connectivity index is 2.79. The molecule has 0 bridgehead atoms. The molecule has 1 rings (SSSR count). The predicted molar refractivity (Wildman–Crippen MR) is 75.2 cm³/mol. The number of amides is 1. The summed E-state index contributed by atoms with van der Waals surface area (Å²) in [7, 11) is 1.82. The summed E-state index contributed by atoms with van der Waals surface area (Å²) in [6.45, 7) is 6.60. The van der Waals surface area contributed by atoms with Gasteiger partial charge >= 0.3 is 0 Å². The molecule has 4 heteroatoms. The Labute approximate surface area is 114 Å². The van der Waals surface area contributed by atoms with Crippen molar-refractivity contribution in [3.05, 3.63) is 35.6 Å². The average molecular weight is 266 g/mol. The highest BCUT2D eigenvalue weighted by molar-refractivity contribution is 5.79. The van der Waals surface area contributed by atoms with Gasteiger partial charge in [0, 0.05) is 12.5 Å². The Kier molecular flexibility index (Phi) is 5.96. The van der Waals surface area contributed by atoms with E-state index >= 15 is 0 Å². The van der Waals surface area contributed by atoms with Gasteiger partial charge < -0.3 is 10.6 Å². The first kappa shape index (κ1) is 15.6. The SMILES string of the molecule is CNCC(C)C(=O)NC(c1ccc(F)cc1)C(C)C. The molecule has 2 N–H and O–H groups in total. The van der Waals surface area contributed by atoms with Gasteiger partial charge in [0.15, 0.2) is 0 Å². The van der Waals surface area contributed by atoms with Crippen molar-refractivity contribution in [1.82, 2.24) is 10.6 Å². The molecule has 0 fully saturated rings. The van der Waals surface area contributed by atoms with Gasteiger partial charge in [0.25, 0.3) is 0 Å². The Hall–Kier alpha value is -1.42. The van der Waals surface area contributed by atoms with Crippen molar-refractivity contribution < 1.29 is 9.18 Å². The minimum absolute atomic E-state index is 0.0115. The summed E-state index contributed by atoms with van der Waals surface area (Å²) in [5, 5.41) is 6.02. The fourth-order valence-electron chi connectivity index (χ4n) is 2.00. The smallest absolute Gasteiger partial charge is 0.224 e. The van der Waals surface area contributed by atoms with Gasteiger partial charge in [-0.15, -0.1) is 0 Å². The monoisotopic (exact) mass is 266 g/mol. The van der Waals surface area contributed by atoms with Crippen LogP contribution in [0, 0.1) is 17.7 Å². The van der Waals surface area contributed by atoms with E-state index in [1.165, 1.54) is 12.1 Å². The second-order valence-corrected chi connectivity index (χ2v) is 5.24. The standard InChI is InChI=1S/C15H23FN2O/c1-10(2)14(12-5-7-13(16)8-6-12)18-15(19)11(3)9-17-4/h5-8,10-11,14,17H,9H2,1-4H3,(H,18,19). The summed E-state index contributed by atoms with van der Waals surface area (Å²) in [6, 6.07) is 6.21. The van der Waals surface area contributed by atoms with Gasteiger partial charge in [-0.2, -0.15) is 0 Å². The maximum absolute atomic E-state index is 12.9. The fraction of sp³-hybridized carbons (Fsp3) is 0.533. The van der Waals surface area contributed by atoms with Crippen molar-refractivity contribution in [3.8, 4) is 0 Å². The van der Waals surface area contributed by atoms with E-state index in [4.69, 9.17) is 0 Å². The highest BCUT2D eigenvalue weighted by Crippen LogP contribution is 2.22. The number of nitrogens with one attached hydrogen (secondary N) is 2. The van der Waals surface area contributed by atoms with Crippen molar-refractivity contribution in [2.75, 3.05) is 13.6 Å². The summed E-state index contributed by atoms with van der Waals surface area (Å²) in [4.78, 5) is 12.1. The zero-order valence-electron chi connectivity index (χ0n) is 12.0. The molecule has 1 aromatic rings. The molecule has 1 amide bonds. The van der Waals surface area contributed by atoms with E-state index in [1.54, 1.807) is 12.1 Å². The molecule has 19 heavy (non-hydrogen) atoms. The Morgan fingerprint density at radius 3 is 2.26 bits per heavy atom. The molecular weight excluding hydrogens is 243 g/mol. The topological polar surface area (TPSA) is 41.1 Å². The summed E-state index contributed by atoms with van der Waals surface area (Å²) < 4.78 is 12.9. The molecule has 0 aliphatic carbocycles. The first-order valence-electron chi connectivity index (χ1n) is 6.66. The van der Waals surface area contributed by atoms with Crippen LogP contribution in [0.3, 0.4) is 0 Å². The van der Waals surface area contributed by atoms with E-state index in [9.17, 15) is 9.18 Å². The minimum Gasteiger partial charge on any atom is -0.349 e. The molecular formula is C15H23FN2O. The Morgan fingerprint density at radius 2 is 1.79 bits per heavy atom. The van der Waals surface area contributed by atoms with Crippen LogP contribution in [-0.4, -0.2) is 19.5 Å². The van der Waals surface area contributed by atoms with Crippen molar-refractivity contribution in [1.29, 1.82) is 0 Å². The van der Waals surface area contributed by atoms with Gasteiger partial charge in [-0.1, -0.05) is 32.9 Å². The van der Waals surface area contributed by atoms with Gasteiger partial charge in [0.2, 0.25) is 5.91 Å². The molecule has 2 unspecified atom stereocenters. The lowest BCUT2D eigenvalue weighted by Gasteiger charge is -2.24. The van der Waals surface area contributed by atoms with Crippen molar-refractivity contribution >= 4 is 5.91 Å². The van der Waals surface area contributed by atoms with Crippen LogP contribution in [0.15, 0.2) is 24.3 Å². The quantitative estimate of drug-likeness (QED) is 0.830. The molecule has 2 atom stereocenters. The lowest BCUT2D eigenvalue weighted by Crippen LogP contribution is -2.38. The maximum atomic E-state index is 12.9.